The van der Waals surface area contributed by atoms with Crippen LogP contribution in [0, 0.1) is 5.92 Å². The topological polar surface area (TPSA) is 184 Å². The van der Waals surface area contributed by atoms with Gasteiger partial charge in [0.2, 0.25) is 11.8 Å². The SMILES string of the molecule is CC(C)(C)OC(=O)N[C@H]1CCCCC/C=C\[C@@H]2C[C@@]2(C(=O)O)NC(=O)[C@@H]2C[C@H](n3ncc(C4NCCS4)c(C4NCCS4)c3=O)CN2C1=O. The quantitative estimate of drug-likeness (QED) is 0.281. The van der Waals surface area contributed by atoms with Gasteiger partial charge in [-0.05, 0) is 46.5 Å². The van der Waals surface area contributed by atoms with Crippen LogP contribution in [0.2, 0.25) is 0 Å². The summed E-state index contributed by atoms with van der Waals surface area (Å²) in [6.07, 6.45) is 8.42. The number of hydrogen-bond acceptors (Lipinski definition) is 11. The van der Waals surface area contributed by atoms with E-state index in [2.05, 4.69) is 26.4 Å². The van der Waals surface area contributed by atoms with Gasteiger partial charge in [0.15, 0.2) is 0 Å². The fourth-order valence-electron chi connectivity index (χ4n) is 7.17. The van der Waals surface area contributed by atoms with Crippen LogP contribution in [0.15, 0.2) is 23.1 Å². The monoisotopic (exact) mass is 717 g/mol. The van der Waals surface area contributed by atoms with E-state index in [0.717, 1.165) is 49.4 Å². The average Bonchev–Trinajstić information content (AvgIpc) is 3.56. The van der Waals surface area contributed by atoms with Crippen molar-refractivity contribution in [3.63, 3.8) is 0 Å². The predicted octanol–water partition coefficient (Wildman–Crippen LogP) is 2.43. The molecule has 0 aromatic carbocycles. The predicted molar refractivity (Wildman–Crippen MR) is 186 cm³/mol. The zero-order valence-corrected chi connectivity index (χ0v) is 29.9. The van der Waals surface area contributed by atoms with Gasteiger partial charge in [0.25, 0.3) is 5.56 Å². The molecule has 0 spiro atoms. The van der Waals surface area contributed by atoms with Gasteiger partial charge in [-0.15, -0.1) is 23.5 Å². The molecule has 1 saturated carbocycles. The number of rotatable bonds is 5. The van der Waals surface area contributed by atoms with Gasteiger partial charge in [0, 0.05) is 49.0 Å². The summed E-state index contributed by atoms with van der Waals surface area (Å²) in [7, 11) is 0. The normalized spacial score (nSPS) is 33.1. The first kappa shape index (κ1) is 35.7. The van der Waals surface area contributed by atoms with Crippen LogP contribution in [-0.4, -0.2) is 98.0 Å². The number of carboxylic acids is 1. The lowest BCUT2D eigenvalue weighted by Crippen LogP contribution is -2.56. The Labute approximate surface area is 294 Å². The third kappa shape index (κ3) is 7.81. The van der Waals surface area contributed by atoms with Gasteiger partial charge in [-0.3, -0.25) is 14.4 Å². The average molecular weight is 718 g/mol. The maximum absolute atomic E-state index is 14.4. The molecule has 3 amide bonds. The molecule has 3 saturated heterocycles. The second-order valence-electron chi connectivity index (χ2n) is 14.4. The molecule has 7 atom stereocenters. The lowest BCUT2D eigenvalue weighted by Gasteiger charge is -2.30. The van der Waals surface area contributed by atoms with E-state index >= 15 is 0 Å². The summed E-state index contributed by atoms with van der Waals surface area (Å²) in [5.41, 5.74) is -1.09. The molecule has 1 aromatic rings. The van der Waals surface area contributed by atoms with Crippen molar-refractivity contribution in [2.75, 3.05) is 31.1 Å². The van der Waals surface area contributed by atoms with Crippen LogP contribution in [0.25, 0.3) is 0 Å². The summed E-state index contributed by atoms with van der Waals surface area (Å²) in [6, 6.07) is -2.74. The van der Waals surface area contributed by atoms with Crippen LogP contribution in [-0.2, 0) is 19.1 Å². The Morgan fingerprint density at radius 3 is 2.49 bits per heavy atom. The fourth-order valence-corrected chi connectivity index (χ4v) is 9.35. The van der Waals surface area contributed by atoms with E-state index in [1.54, 1.807) is 50.5 Å². The maximum Gasteiger partial charge on any atom is 0.408 e. The highest BCUT2D eigenvalue weighted by molar-refractivity contribution is 8.00. The highest BCUT2D eigenvalue weighted by Crippen LogP contribution is 2.46. The summed E-state index contributed by atoms with van der Waals surface area (Å²) in [4.78, 5) is 69.6. The van der Waals surface area contributed by atoms with Gasteiger partial charge in [-0.25, -0.2) is 14.3 Å². The molecule has 0 bridgehead atoms. The number of fused-ring (bicyclic) bond motifs is 2. The van der Waals surface area contributed by atoms with Gasteiger partial charge in [-0.1, -0.05) is 25.0 Å². The summed E-state index contributed by atoms with van der Waals surface area (Å²) in [5.74, 6) is -0.803. The van der Waals surface area contributed by atoms with E-state index in [1.807, 2.05) is 12.2 Å². The summed E-state index contributed by atoms with van der Waals surface area (Å²) in [6.45, 7) is 6.78. The molecule has 16 heteroatoms. The summed E-state index contributed by atoms with van der Waals surface area (Å²) in [5, 5.41) is 26.9. The number of carboxylic acid groups (broad SMARTS) is 1. The smallest absolute Gasteiger partial charge is 0.408 e. The first-order chi connectivity index (χ1) is 23.4. The third-order valence-corrected chi connectivity index (χ3v) is 12.1. The van der Waals surface area contributed by atoms with Crippen LogP contribution in [0.5, 0.6) is 0 Å². The second kappa shape index (κ2) is 14.6. The van der Waals surface area contributed by atoms with E-state index in [0.29, 0.717) is 18.4 Å². The van der Waals surface area contributed by atoms with Crippen LogP contribution >= 0.6 is 23.5 Å². The molecule has 14 nitrogen and oxygen atoms in total. The van der Waals surface area contributed by atoms with Crippen molar-refractivity contribution in [3.05, 3.63) is 39.8 Å². The van der Waals surface area contributed by atoms with E-state index in [1.165, 1.54) is 9.58 Å². The standard InChI is InChI=1S/C33H47N7O7S2/c1-32(2,3)47-31(46)37-22-10-8-6-4-5-7-9-19-16-33(19,30(44)45)38-25(41)23-15-20(18-39(23)28(22)42)40-29(43)24(27-35-12-14-49-27)21(17-36-40)26-34-11-13-48-26/h7,9,17,19-20,22-23,26-27,34-35H,4-6,8,10-16,18H2,1-3H3,(H,37,46)(H,38,41)(H,44,45)/b9-7-/t19-,20+,22+,23+,26?,27?,33-/m1/s1. The number of ether oxygens (including phenoxy) is 1. The summed E-state index contributed by atoms with van der Waals surface area (Å²) >= 11 is 3.38. The van der Waals surface area contributed by atoms with Gasteiger partial charge >= 0.3 is 12.1 Å². The lowest BCUT2D eigenvalue weighted by molar-refractivity contribution is -0.145. The number of allylic oxidation sites excluding steroid dienone is 1. The number of nitrogens with zero attached hydrogens (tertiary/aromatic N) is 3. The number of aromatic nitrogens is 2. The maximum atomic E-state index is 14.4. The van der Waals surface area contributed by atoms with Crippen LogP contribution in [0.4, 0.5) is 4.79 Å². The fraction of sp³-hybridized carbons (Fsp3) is 0.697. The van der Waals surface area contributed by atoms with Crippen molar-refractivity contribution >= 4 is 47.4 Å². The largest absolute Gasteiger partial charge is 0.479 e. The van der Waals surface area contributed by atoms with Crippen LogP contribution in [0.1, 0.15) is 93.6 Å². The zero-order chi connectivity index (χ0) is 34.9. The first-order valence-corrected chi connectivity index (χ1v) is 19.3. The van der Waals surface area contributed by atoms with Crippen molar-refractivity contribution in [3.8, 4) is 0 Å². The molecule has 2 unspecified atom stereocenters. The number of aliphatic carboxylic acids is 1. The molecule has 1 aromatic heterocycles. The Bertz CT molecular complexity index is 1540. The Hall–Kier alpha value is -3.08. The van der Waals surface area contributed by atoms with Crippen LogP contribution in [0.3, 0.4) is 0 Å². The van der Waals surface area contributed by atoms with E-state index in [9.17, 15) is 29.1 Å². The number of amides is 3. The van der Waals surface area contributed by atoms with Gasteiger partial charge < -0.3 is 36.0 Å². The highest BCUT2D eigenvalue weighted by Gasteiger charge is 2.61. The van der Waals surface area contributed by atoms with Crippen molar-refractivity contribution in [1.82, 2.24) is 35.9 Å². The molecule has 4 fully saturated rings. The van der Waals surface area contributed by atoms with Gasteiger partial charge in [-0.2, -0.15) is 5.10 Å². The highest BCUT2D eigenvalue weighted by atomic mass is 32.2. The first-order valence-electron chi connectivity index (χ1n) is 17.2. The molecule has 268 valence electrons. The number of nitrogens with one attached hydrogen (secondary N) is 4. The minimum Gasteiger partial charge on any atom is -0.479 e. The van der Waals surface area contributed by atoms with Crippen molar-refractivity contribution in [1.29, 1.82) is 0 Å². The molecular formula is C33H47N7O7S2. The molecule has 0 radical (unpaired) electrons. The minimum atomic E-state index is -1.46. The molecule has 5 heterocycles. The Balaban J connectivity index is 1.35. The second-order valence-corrected chi connectivity index (χ2v) is 16.8. The Kier molecular flexibility index (Phi) is 10.7. The van der Waals surface area contributed by atoms with Crippen LogP contribution < -0.4 is 26.8 Å². The zero-order valence-electron chi connectivity index (χ0n) is 28.2. The number of alkyl carbamates (subject to hydrolysis) is 1. The van der Waals surface area contributed by atoms with Gasteiger partial charge in [0.05, 0.1) is 28.5 Å². The molecule has 6 rings (SSSR count). The van der Waals surface area contributed by atoms with E-state index in [-0.39, 0.29) is 41.6 Å². The number of carbonyl (C=O) groups excluding carboxylic acids is 3. The number of carbonyl (C=O) groups is 4. The molecular weight excluding hydrogens is 671 g/mol. The molecule has 49 heavy (non-hydrogen) atoms. The lowest BCUT2D eigenvalue weighted by atomic mass is 10.0. The third-order valence-electron chi connectivity index (χ3n) is 9.72. The molecule has 5 aliphatic rings. The van der Waals surface area contributed by atoms with Crippen molar-refractivity contribution in [2.24, 2.45) is 5.92 Å². The van der Waals surface area contributed by atoms with Gasteiger partial charge in [0.1, 0.15) is 23.2 Å². The molecule has 1 aliphatic carbocycles. The van der Waals surface area contributed by atoms with Crippen molar-refractivity contribution < 1.29 is 29.0 Å². The van der Waals surface area contributed by atoms with Crippen molar-refractivity contribution in [2.45, 2.75) is 106 Å². The minimum absolute atomic E-state index is 0.0137. The number of thioether (sulfide) groups is 2. The number of hydrogen-bond donors (Lipinski definition) is 5. The summed E-state index contributed by atoms with van der Waals surface area (Å²) < 4.78 is 6.87. The molecule has 5 N–H and O–H groups in total. The van der Waals surface area contributed by atoms with E-state index in [4.69, 9.17) is 4.74 Å². The van der Waals surface area contributed by atoms with E-state index < -0.39 is 53.1 Å². The Morgan fingerprint density at radius 1 is 1.08 bits per heavy atom. The Morgan fingerprint density at radius 2 is 1.82 bits per heavy atom. The molecule has 4 aliphatic heterocycles.